The van der Waals surface area contributed by atoms with Crippen LogP contribution in [-0.2, 0) is 0 Å². The summed E-state index contributed by atoms with van der Waals surface area (Å²) in [6, 6.07) is 0. The summed E-state index contributed by atoms with van der Waals surface area (Å²) in [5.41, 5.74) is 0. The smallest absolute Gasteiger partial charge is 0.358 e. The monoisotopic (exact) mass is 519 g/mol. The molecule has 155 valence electrons. The summed E-state index contributed by atoms with van der Waals surface area (Å²) in [7, 11) is 0. The van der Waals surface area contributed by atoms with Crippen molar-refractivity contribution in [1.29, 1.82) is 0 Å². The topological polar surface area (TPSA) is 0 Å². The van der Waals surface area contributed by atoms with Gasteiger partial charge in [-0.2, -0.15) is 0 Å². The van der Waals surface area contributed by atoms with Crippen LogP contribution in [0, 0.1) is 129 Å². The van der Waals surface area contributed by atoms with Crippen LogP contribution in [-0.4, -0.2) is 17.4 Å². The molecule has 26 heavy (non-hydrogen) atoms. The fraction of sp³-hybridized carbons (Fsp3) is 0.833. The van der Waals surface area contributed by atoms with E-state index < -0.39 is 0 Å². The summed E-state index contributed by atoms with van der Waals surface area (Å²) in [6.45, 7) is 24.0. The fourth-order valence-corrected chi connectivity index (χ4v) is 4.79. The SMILES string of the molecule is CC1C(C)C(C)C(C)C1C.CC1C(C)C(C)C(C)C1C.[Al+3].[CH3-].[CH3-].[CH3-].[CH3-].[Sm+3]. The van der Waals surface area contributed by atoms with Gasteiger partial charge in [-0.1, -0.05) is 69.2 Å². The van der Waals surface area contributed by atoms with Crippen molar-refractivity contribution in [2.45, 2.75) is 69.2 Å². The Bertz CT molecular complexity index is 187. The molecule has 0 aromatic carbocycles. The Labute approximate surface area is 214 Å². The van der Waals surface area contributed by atoms with Gasteiger partial charge in [0.25, 0.3) is 0 Å². The standard InChI is InChI=1S/2C10H20.4CH3.Al.Sm/c2*1-6-7(2)9(4)10(5)8(6)3;;;;;;/h2*6-10H,1-5H3;4*1H3;;/q;;4*-1;2*+3. The molecule has 2 fully saturated rings. The Hall–Kier alpha value is 1.87. The van der Waals surface area contributed by atoms with Gasteiger partial charge in [-0.25, -0.2) is 0 Å². The van der Waals surface area contributed by atoms with Gasteiger partial charge in [0.1, 0.15) is 0 Å². The molecule has 2 saturated carbocycles. The van der Waals surface area contributed by atoms with Crippen LogP contribution < -0.4 is 0 Å². The molecule has 0 nitrogen and oxygen atoms in total. The molecule has 0 atom stereocenters. The summed E-state index contributed by atoms with van der Waals surface area (Å²) in [5.74, 6) is 9.35. The molecule has 0 unspecified atom stereocenters. The number of rotatable bonds is 0. The van der Waals surface area contributed by atoms with E-state index in [2.05, 4.69) is 69.2 Å². The molecule has 2 aliphatic carbocycles. The summed E-state index contributed by atoms with van der Waals surface area (Å²) >= 11 is 0. The van der Waals surface area contributed by atoms with Gasteiger partial charge in [0.05, 0.1) is 0 Å². The Morgan fingerprint density at radius 2 is 0.308 bits per heavy atom. The van der Waals surface area contributed by atoms with Crippen LogP contribution >= 0.6 is 0 Å². The van der Waals surface area contributed by atoms with Crippen LogP contribution in [0.5, 0.6) is 0 Å². The van der Waals surface area contributed by atoms with Gasteiger partial charge in [-0.3, -0.25) is 0 Å². The fourth-order valence-electron chi connectivity index (χ4n) is 4.79. The molecule has 0 bridgehead atoms. The first-order chi connectivity index (χ1) is 9.11. The maximum Gasteiger partial charge on any atom is 3.00 e. The third-order valence-corrected chi connectivity index (χ3v) is 8.29. The Kier molecular flexibility index (Phi) is 28.6. The second-order valence-electron chi connectivity index (χ2n) is 8.59. The zero-order chi connectivity index (χ0) is 15.8. The van der Waals surface area contributed by atoms with Crippen molar-refractivity contribution in [2.75, 3.05) is 0 Å². The van der Waals surface area contributed by atoms with Crippen LogP contribution in [0.2, 0.25) is 0 Å². The molecule has 0 N–H and O–H groups in total. The van der Waals surface area contributed by atoms with Gasteiger partial charge >= 0.3 is 57.7 Å². The molecule has 2 rings (SSSR count). The molecule has 0 heterocycles. The second-order valence-corrected chi connectivity index (χ2v) is 8.59. The molecule has 2 heteroatoms. The first-order valence-electron chi connectivity index (χ1n) is 9.11. The van der Waals surface area contributed by atoms with Crippen molar-refractivity contribution < 1.29 is 40.4 Å². The van der Waals surface area contributed by atoms with Crippen molar-refractivity contribution >= 4 is 17.4 Å². The largest absolute Gasteiger partial charge is 3.00 e. The molecule has 0 aromatic heterocycles. The van der Waals surface area contributed by atoms with Gasteiger partial charge in [0.2, 0.25) is 0 Å². The van der Waals surface area contributed by atoms with E-state index in [0.29, 0.717) is 0 Å². The molecule has 0 saturated heterocycles. The molecule has 0 aliphatic heterocycles. The molecular formula is C24H52AlSm+2. The van der Waals surface area contributed by atoms with Gasteiger partial charge in [0.15, 0.2) is 0 Å². The first kappa shape index (κ1) is 42.1. The molecule has 0 spiro atoms. The summed E-state index contributed by atoms with van der Waals surface area (Å²) in [6.07, 6.45) is 0. The van der Waals surface area contributed by atoms with E-state index in [1.807, 2.05) is 0 Å². The van der Waals surface area contributed by atoms with E-state index in [1.54, 1.807) is 0 Å². The Morgan fingerprint density at radius 3 is 0.346 bits per heavy atom. The zero-order valence-corrected chi connectivity index (χ0v) is 24.5. The quantitative estimate of drug-likeness (QED) is 0.227. The van der Waals surface area contributed by atoms with Crippen molar-refractivity contribution in [3.8, 4) is 0 Å². The molecule has 0 amide bonds. The van der Waals surface area contributed by atoms with Gasteiger partial charge in [0, 0.05) is 0 Å². The van der Waals surface area contributed by atoms with Crippen LogP contribution in [0.25, 0.3) is 0 Å². The summed E-state index contributed by atoms with van der Waals surface area (Å²) in [5, 5.41) is 0. The summed E-state index contributed by atoms with van der Waals surface area (Å²) < 4.78 is 0. The van der Waals surface area contributed by atoms with Crippen LogP contribution in [0.4, 0.5) is 0 Å². The average molecular weight is 518 g/mol. The van der Waals surface area contributed by atoms with Crippen molar-refractivity contribution in [1.82, 2.24) is 0 Å². The maximum atomic E-state index is 2.40. The molecule has 2 aliphatic rings. The van der Waals surface area contributed by atoms with Crippen LogP contribution in [0.15, 0.2) is 0 Å². The minimum atomic E-state index is 0. The van der Waals surface area contributed by atoms with E-state index in [1.165, 1.54) is 0 Å². The second kappa shape index (κ2) is 17.7. The predicted molar refractivity (Wildman–Crippen MR) is 123 cm³/mol. The van der Waals surface area contributed by atoms with Crippen LogP contribution in [0.3, 0.4) is 0 Å². The van der Waals surface area contributed by atoms with E-state index in [0.717, 1.165) is 59.2 Å². The van der Waals surface area contributed by atoms with Crippen LogP contribution in [0.1, 0.15) is 69.2 Å². The normalized spacial score (nSPS) is 42.7. The predicted octanol–water partition coefficient (Wildman–Crippen LogP) is 7.78. The molecular weight excluding hydrogens is 466 g/mol. The van der Waals surface area contributed by atoms with Crippen molar-refractivity contribution in [2.24, 2.45) is 59.2 Å². The molecule has 0 aromatic rings. The van der Waals surface area contributed by atoms with E-state index in [-0.39, 0.29) is 87.5 Å². The average Bonchev–Trinajstić information content (AvgIpc) is 2.71. The minimum absolute atomic E-state index is 0. The van der Waals surface area contributed by atoms with Gasteiger partial charge < -0.3 is 29.7 Å². The number of hydrogen-bond acceptors (Lipinski definition) is 0. The molecule has 1 radical (unpaired) electrons. The third kappa shape index (κ3) is 9.13. The third-order valence-electron chi connectivity index (χ3n) is 8.29. The van der Waals surface area contributed by atoms with Gasteiger partial charge in [-0.05, 0) is 59.2 Å². The number of hydrogen-bond donors (Lipinski definition) is 0. The van der Waals surface area contributed by atoms with E-state index >= 15 is 0 Å². The maximum absolute atomic E-state index is 2.40. The summed E-state index contributed by atoms with van der Waals surface area (Å²) in [4.78, 5) is 0. The minimum Gasteiger partial charge on any atom is -0.358 e. The van der Waals surface area contributed by atoms with E-state index in [9.17, 15) is 0 Å². The van der Waals surface area contributed by atoms with Crippen molar-refractivity contribution in [3.63, 3.8) is 0 Å². The van der Waals surface area contributed by atoms with E-state index in [4.69, 9.17) is 0 Å². The van der Waals surface area contributed by atoms with Crippen molar-refractivity contribution in [3.05, 3.63) is 29.7 Å². The first-order valence-corrected chi connectivity index (χ1v) is 9.11. The Morgan fingerprint density at radius 1 is 0.269 bits per heavy atom. The van der Waals surface area contributed by atoms with Gasteiger partial charge in [-0.15, -0.1) is 0 Å². The Balaban J connectivity index is -0.0000000625. The zero-order valence-electron chi connectivity index (χ0n) is 20.8.